The van der Waals surface area contributed by atoms with E-state index in [1.54, 1.807) is 0 Å². The summed E-state index contributed by atoms with van der Waals surface area (Å²) in [5, 5.41) is 15.7. The van der Waals surface area contributed by atoms with Crippen LogP contribution in [0, 0.1) is 20.5 Å². The number of hydrogen-bond acceptors (Lipinski definition) is 10. The molecule has 0 atom stereocenters. The Morgan fingerprint density at radius 3 is 0.534 bits per heavy atom. The predicted octanol–water partition coefficient (Wildman–Crippen LogP) is 2.18. The third kappa shape index (κ3) is 20.7. The minimum Gasteiger partial charge on any atom is -0.482 e. The molecule has 0 heterocycles. The molecule has 10 rings (SSSR count). The minimum atomic E-state index is -4.94. The number of hydrogen-bond donors (Lipinski definition) is 0. The summed E-state index contributed by atoms with van der Waals surface area (Å²) in [6, 6.07) is 99.2. The monoisotopic (exact) mass is 1390 g/mol. The smallest absolute Gasteiger partial charge is 0.482 e. The van der Waals surface area contributed by atoms with E-state index < -0.39 is 52.2 Å². The fourth-order valence-corrected chi connectivity index (χ4v) is 21.4. The molecule has 0 radical (unpaired) electrons. The van der Waals surface area contributed by atoms with E-state index in [0.29, 0.717) is 13.2 Å². The molecule has 0 aromatic heterocycles. The maximum absolute atomic E-state index is 8.49. The largest absolute Gasteiger partial charge is 1.00 e. The Labute approximate surface area is 547 Å². The Kier molecular flexibility index (Phi) is 27.1. The van der Waals surface area contributed by atoms with Gasteiger partial charge in [0.15, 0.2) is 0 Å². The van der Waals surface area contributed by atoms with Crippen LogP contribution in [0.3, 0.4) is 0 Å². The van der Waals surface area contributed by atoms with Crippen molar-refractivity contribution in [3.05, 3.63) is 278 Å². The zero-order valence-electron chi connectivity index (χ0n) is 49.3. The topological polar surface area (TPSA) is 203 Å². The molecule has 0 N–H and O–H groups in total. The van der Waals surface area contributed by atoms with E-state index in [4.69, 9.17) is 46.7 Å². The van der Waals surface area contributed by atoms with Crippen LogP contribution in [0.15, 0.2) is 267 Å². The van der Waals surface area contributed by atoms with E-state index in [1.165, 1.54) is 74.8 Å². The van der Waals surface area contributed by atoms with Crippen molar-refractivity contribution in [3.8, 4) is 11.5 Å². The normalized spacial score (nSPS) is 11.6. The molecule has 0 amide bonds. The maximum Gasteiger partial charge on any atom is 1.00 e. The van der Waals surface area contributed by atoms with Gasteiger partial charge in [-0.1, -0.05) is 187 Å². The number of ether oxygens (including phenoxy) is 2. The van der Waals surface area contributed by atoms with Crippen LogP contribution in [0.5, 0.6) is 11.5 Å². The van der Waals surface area contributed by atoms with Crippen molar-refractivity contribution >= 4 is 95.3 Å². The minimum absolute atomic E-state index is 0. The molecule has 10 nitrogen and oxygen atoms in total. The molecule has 10 aromatic carbocycles. The fourth-order valence-electron chi connectivity index (χ4n) is 10.2. The van der Waals surface area contributed by atoms with E-state index in [0.717, 1.165) is 11.5 Å². The molecule has 0 aliphatic rings. The predicted molar refractivity (Wildman–Crippen MR) is 342 cm³/mol. The Balaban J connectivity index is 0.000000954. The summed E-state index contributed by atoms with van der Waals surface area (Å²) in [6.07, 6.45) is 0. The summed E-state index contributed by atoms with van der Waals surface area (Å²) in [6.45, 7) is 14.8. The van der Waals surface area contributed by atoms with Crippen LogP contribution in [0.4, 0.5) is 0 Å². The van der Waals surface area contributed by atoms with Crippen molar-refractivity contribution in [3.63, 3.8) is 0 Å². The van der Waals surface area contributed by atoms with E-state index in [9.17, 15) is 0 Å². The van der Waals surface area contributed by atoms with Gasteiger partial charge in [0.05, 0.1) is 0 Å². The molecule has 0 saturated carbocycles. The second-order valence-electron chi connectivity index (χ2n) is 22.2. The number of halogens is 2. The van der Waals surface area contributed by atoms with Crippen molar-refractivity contribution in [2.75, 3.05) is 13.2 Å². The van der Waals surface area contributed by atoms with Crippen molar-refractivity contribution in [2.24, 2.45) is 0 Å². The molecule has 0 spiro atoms. The molecular formula is C70H70Cl2Cu2O10P4+4. The summed E-state index contributed by atoms with van der Waals surface area (Å²) in [5.41, 5.74) is 2.36. The first-order valence-corrected chi connectivity index (χ1v) is 36.3. The summed E-state index contributed by atoms with van der Waals surface area (Å²) in [5.74, 6) is 1.97. The summed E-state index contributed by atoms with van der Waals surface area (Å²) in [4.78, 5) is 0. The maximum atomic E-state index is 8.49. The summed E-state index contributed by atoms with van der Waals surface area (Å²) in [7, 11) is -16.3. The number of benzene rings is 10. The van der Waals surface area contributed by atoms with Gasteiger partial charge in [-0.05, 0) is 143 Å². The molecule has 0 aliphatic heterocycles. The second kappa shape index (κ2) is 33.2. The first-order chi connectivity index (χ1) is 41.0. The van der Waals surface area contributed by atoms with Gasteiger partial charge in [0.1, 0.15) is 109 Å². The molecule has 0 fully saturated rings. The third-order valence-electron chi connectivity index (χ3n) is 14.1. The van der Waals surface area contributed by atoms with Crippen molar-refractivity contribution in [2.45, 2.75) is 52.4 Å². The molecule has 10 aromatic rings. The van der Waals surface area contributed by atoms with Crippen LogP contribution in [0.1, 0.15) is 52.7 Å². The van der Waals surface area contributed by atoms with Crippen LogP contribution in [-0.4, -0.2) is 13.2 Å². The van der Waals surface area contributed by atoms with Crippen molar-refractivity contribution in [1.82, 2.24) is 0 Å². The fraction of sp³-hybridized carbons (Fsp3) is 0.143. The molecule has 0 bridgehead atoms. The molecule has 0 saturated heterocycles. The zero-order chi connectivity index (χ0) is 61.5. The van der Waals surface area contributed by atoms with E-state index in [1.807, 2.05) is 0 Å². The van der Waals surface area contributed by atoms with Crippen LogP contribution >= 0.6 is 31.7 Å². The average molecular weight is 1390 g/mol. The molecule has 462 valence electrons. The Bertz CT molecular complexity index is 3060. The zero-order valence-corrected chi connectivity index (χ0v) is 56.7. The standard InChI is InChI=1S/C70H66O2P4.2ClHO4.2Cu/c1-69(2,3)53-49-63(73(55-31-15-7-16-32-55)56-33-17-8-18-34-56)67(64(50-53)74(57-35-19-9-20-36-57)58-37-21-10-22-38-58)71-47-48-72-68-65(75(59-39-23-11-24-40-59)60-41-25-12-26-42-60)51-54(70(4,5)6)52-66(68)76(61-43-27-13-28-44-61)62-45-29-14-30-46-62;2*2-1(3,4)5;;/h7-46,49-52H,47-48H2,1-6H3;2*(H,2,3,4,5);;/q;;;2*+1/p+2. The Morgan fingerprint density at radius 1 is 0.273 bits per heavy atom. The second-order valence-corrected chi connectivity index (χ2v) is 33.5. The van der Waals surface area contributed by atoms with Gasteiger partial charge in [0.2, 0.25) is 11.5 Å². The first-order valence-electron chi connectivity index (χ1n) is 27.8. The summed E-state index contributed by atoms with van der Waals surface area (Å²) >= 11 is 0. The third-order valence-corrected chi connectivity index (χ3v) is 25.0. The molecule has 18 heteroatoms. The van der Waals surface area contributed by atoms with Gasteiger partial charge >= 0.3 is 34.1 Å². The van der Waals surface area contributed by atoms with Gasteiger partial charge in [-0.15, -0.1) is 20.5 Å². The Hall–Kier alpha value is -5.18. The van der Waals surface area contributed by atoms with E-state index in [2.05, 4.69) is 308 Å². The van der Waals surface area contributed by atoms with E-state index >= 15 is 0 Å². The van der Waals surface area contributed by atoms with Crippen LogP contribution < -0.4 is 110 Å². The molecule has 0 aliphatic carbocycles. The van der Waals surface area contributed by atoms with Gasteiger partial charge in [0.25, 0.3) is 0 Å². The summed E-state index contributed by atoms with van der Waals surface area (Å²) < 4.78 is 83.3. The van der Waals surface area contributed by atoms with Crippen LogP contribution in [0.2, 0.25) is 0 Å². The van der Waals surface area contributed by atoms with Crippen molar-refractivity contribution in [1.29, 1.82) is 0 Å². The quantitative estimate of drug-likeness (QED) is 0.0739. The molecule has 88 heavy (non-hydrogen) atoms. The molecule has 0 unspecified atom stereocenters. The van der Waals surface area contributed by atoms with Crippen LogP contribution in [0.25, 0.3) is 0 Å². The van der Waals surface area contributed by atoms with Gasteiger partial charge in [0, 0.05) is 0 Å². The van der Waals surface area contributed by atoms with Gasteiger partial charge in [-0.25, -0.2) is 37.3 Å². The van der Waals surface area contributed by atoms with Gasteiger partial charge < -0.3 is 9.47 Å². The number of rotatable bonds is 17. The first kappa shape index (κ1) is 71.9. The average Bonchev–Trinajstić information content (AvgIpc) is 1.08. The Morgan fingerprint density at radius 2 is 0.409 bits per heavy atom. The van der Waals surface area contributed by atoms with Gasteiger partial charge in [-0.3, -0.25) is 0 Å². The molecular weight excluding hydrogens is 1320 g/mol. The SMILES string of the molecule is CC(C)(C)c1cc([PH+](c2ccccc2)c2ccccc2)c(OCCOc2c([PH+](c3ccccc3)c3ccccc3)cc(C(C)(C)C)cc2[PH+](c2ccccc2)c2ccccc2)c([PH+](c2ccccc2)c2ccccc2)c1.[Cu+].[Cu+].[O-][Cl+3]([O-])([O-])[O-].[O-][Cl+3]([O-])([O-])[O-]. The van der Waals surface area contributed by atoms with E-state index in [-0.39, 0.29) is 45.0 Å². The van der Waals surface area contributed by atoms with Gasteiger partial charge in [-0.2, -0.15) is 0 Å². The van der Waals surface area contributed by atoms with Crippen LogP contribution in [-0.2, 0) is 45.0 Å². The van der Waals surface area contributed by atoms with Crippen molar-refractivity contribution < 1.29 is 101 Å².